The zero-order chi connectivity index (χ0) is 16.0. The normalized spacial score (nSPS) is 12.4. The van der Waals surface area contributed by atoms with Gasteiger partial charge < -0.3 is 11.1 Å². The van der Waals surface area contributed by atoms with E-state index in [4.69, 9.17) is 5.73 Å². The molecule has 1 aromatic carbocycles. The third-order valence-corrected chi connectivity index (χ3v) is 3.62. The molecule has 8 heteroatoms. The van der Waals surface area contributed by atoms with Crippen molar-refractivity contribution in [3.63, 3.8) is 0 Å². The second-order valence-electron chi connectivity index (χ2n) is 4.49. The molecule has 0 saturated carbocycles. The highest BCUT2D eigenvalue weighted by Crippen LogP contribution is 2.30. The maximum absolute atomic E-state index is 12.4. The first kappa shape index (κ1) is 16.3. The first-order chi connectivity index (χ1) is 10.4. The maximum Gasteiger partial charge on any atom is 0.434 e. The summed E-state index contributed by atoms with van der Waals surface area (Å²) in [5.74, 6) is 0.194. The molecule has 0 aliphatic rings. The number of nitrogens with two attached hydrogens (primary N) is 1. The summed E-state index contributed by atoms with van der Waals surface area (Å²) in [5.41, 5.74) is 5.95. The molecule has 0 atom stereocenters. The van der Waals surface area contributed by atoms with Crippen molar-refractivity contribution in [2.45, 2.75) is 19.1 Å². The second kappa shape index (κ2) is 7.26. The van der Waals surface area contributed by atoms with Gasteiger partial charge in [-0.1, -0.05) is 30.3 Å². The molecule has 0 saturated heterocycles. The van der Waals surface area contributed by atoms with Crippen molar-refractivity contribution in [2.24, 2.45) is 10.7 Å². The van der Waals surface area contributed by atoms with Crippen molar-refractivity contribution in [1.82, 2.24) is 10.3 Å². The summed E-state index contributed by atoms with van der Waals surface area (Å²) in [6.07, 6.45) is -3.63. The molecule has 2 aromatic rings. The summed E-state index contributed by atoms with van der Waals surface area (Å²) in [6.45, 7) is 0.635. The summed E-state index contributed by atoms with van der Waals surface area (Å²) in [5, 5.41) is 4.17. The van der Waals surface area contributed by atoms with Crippen LogP contribution < -0.4 is 11.1 Å². The van der Waals surface area contributed by atoms with E-state index in [0.29, 0.717) is 6.54 Å². The third-order valence-electron chi connectivity index (χ3n) is 2.79. The Hall–Kier alpha value is -2.09. The van der Waals surface area contributed by atoms with E-state index in [-0.39, 0.29) is 17.5 Å². The number of thiazole rings is 1. The van der Waals surface area contributed by atoms with Crippen LogP contribution in [0.15, 0.2) is 40.7 Å². The van der Waals surface area contributed by atoms with Crippen molar-refractivity contribution in [3.05, 3.63) is 52.0 Å². The van der Waals surface area contributed by atoms with Crippen molar-refractivity contribution < 1.29 is 13.2 Å². The monoisotopic (exact) mass is 328 g/mol. The predicted molar refractivity (Wildman–Crippen MR) is 80.6 cm³/mol. The van der Waals surface area contributed by atoms with Gasteiger partial charge in [-0.05, 0) is 12.0 Å². The van der Waals surface area contributed by atoms with Crippen molar-refractivity contribution >= 4 is 17.3 Å². The highest BCUT2D eigenvalue weighted by Gasteiger charge is 2.33. The standard InChI is InChI=1S/C14H15F3N4S/c15-14(16,17)11-9-22-12(21-11)8-20-13(18)19-7-6-10-4-2-1-3-5-10/h1-5,9H,6-8H2,(H3,18,19,20). The lowest BCUT2D eigenvalue weighted by Crippen LogP contribution is -2.33. The Labute approximate surface area is 129 Å². The molecule has 1 heterocycles. The van der Waals surface area contributed by atoms with Crippen molar-refractivity contribution in [3.8, 4) is 0 Å². The molecule has 1 aromatic heterocycles. The lowest BCUT2D eigenvalue weighted by atomic mass is 10.1. The van der Waals surface area contributed by atoms with Crippen LogP contribution in [0.5, 0.6) is 0 Å². The third kappa shape index (κ3) is 5.03. The number of benzene rings is 1. The first-order valence-electron chi connectivity index (χ1n) is 6.54. The summed E-state index contributed by atoms with van der Waals surface area (Å²) in [7, 11) is 0. The van der Waals surface area contributed by atoms with E-state index in [9.17, 15) is 13.2 Å². The van der Waals surface area contributed by atoms with E-state index >= 15 is 0 Å². The molecule has 118 valence electrons. The average Bonchev–Trinajstić information content (AvgIpc) is 2.95. The number of hydrogen-bond acceptors (Lipinski definition) is 3. The summed E-state index contributed by atoms with van der Waals surface area (Å²) in [4.78, 5) is 7.47. The van der Waals surface area contributed by atoms with E-state index in [2.05, 4.69) is 15.3 Å². The molecule has 2 rings (SSSR count). The maximum atomic E-state index is 12.4. The van der Waals surface area contributed by atoms with Crippen LogP contribution in [0.25, 0.3) is 0 Å². The highest BCUT2D eigenvalue weighted by molar-refractivity contribution is 7.09. The van der Waals surface area contributed by atoms with E-state index in [0.717, 1.165) is 28.7 Å². The lowest BCUT2D eigenvalue weighted by molar-refractivity contribution is -0.140. The van der Waals surface area contributed by atoms with Crippen LogP contribution in [-0.4, -0.2) is 17.5 Å². The Morgan fingerprint density at radius 1 is 1.27 bits per heavy atom. The molecular weight excluding hydrogens is 313 g/mol. The molecule has 0 fully saturated rings. The number of rotatable bonds is 5. The van der Waals surface area contributed by atoms with E-state index in [1.165, 1.54) is 0 Å². The Balaban J connectivity index is 1.79. The van der Waals surface area contributed by atoms with Crippen LogP contribution in [0.4, 0.5) is 13.2 Å². The summed E-state index contributed by atoms with van der Waals surface area (Å²) < 4.78 is 37.2. The van der Waals surface area contributed by atoms with Gasteiger partial charge in [-0.2, -0.15) is 13.2 Å². The molecule has 0 bridgehead atoms. The minimum atomic E-state index is -4.42. The fraction of sp³-hybridized carbons (Fsp3) is 0.286. The predicted octanol–water partition coefficient (Wildman–Crippen LogP) is 2.81. The van der Waals surface area contributed by atoms with Gasteiger partial charge in [-0.15, -0.1) is 11.3 Å². The van der Waals surface area contributed by atoms with E-state index in [1.54, 1.807) is 0 Å². The molecular formula is C14H15F3N4S. The SMILES string of the molecule is NC(=NCc1nc(C(F)(F)F)cs1)NCCc1ccccc1. The summed E-state index contributed by atoms with van der Waals surface area (Å²) in [6, 6.07) is 9.85. The van der Waals surface area contributed by atoms with Gasteiger partial charge >= 0.3 is 6.18 Å². The number of aliphatic imine (C=N–C) groups is 1. The lowest BCUT2D eigenvalue weighted by Gasteiger charge is -2.05. The Kier molecular flexibility index (Phi) is 5.37. The summed E-state index contributed by atoms with van der Waals surface area (Å²) >= 11 is 0.918. The van der Waals surface area contributed by atoms with Crippen molar-refractivity contribution in [1.29, 1.82) is 0 Å². The Morgan fingerprint density at radius 2 is 2.00 bits per heavy atom. The van der Waals surface area contributed by atoms with Crippen LogP contribution in [0.2, 0.25) is 0 Å². The number of guanidine groups is 1. The molecule has 0 spiro atoms. The van der Waals surface area contributed by atoms with Gasteiger partial charge in [0.15, 0.2) is 11.7 Å². The van der Waals surface area contributed by atoms with Gasteiger partial charge in [0.1, 0.15) is 5.01 Å². The number of alkyl halides is 3. The molecule has 0 aliphatic heterocycles. The molecule has 0 amide bonds. The largest absolute Gasteiger partial charge is 0.434 e. The number of nitrogens with one attached hydrogen (secondary N) is 1. The molecule has 4 nitrogen and oxygen atoms in total. The first-order valence-corrected chi connectivity index (χ1v) is 7.42. The smallest absolute Gasteiger partial charge is 0.370 e. The van der Waals surface area contributed by atoms with Crippen LogP contribution in [0.3, 0.4) is 0 Å². The molecule has 0 aliphatic carbocycles. The van der Waals surface area contributed by atoms with Crippen LogP contribution in [0.1, 0.15) is 16.3 Å². The number of nitrogens with zero attached hydrogens (tertiary/aromatic N) is 2. The van der Waals surface area contributed by atoms with Gasteiger partial charge in [0.2, 0.25) is 0 Å². The van der Waals surface area contributed by atoms with E-state index in [1.807, 2.05) is 30.3 Å². The minimum Gasteiger partial charge on any atom is -0.370 e. The number of hydrogen-bond donors (Lipinski definition) is 2. The zero-order valence-electron chi connectivity index (χ0n) is 11.6. The second-order valence-corrected chi connectivity index (χ2v) is 5.43. The number of aromatic nitrogens is 1. The molecule has 3 N–H and O–H groups in total. The number of halogens is 3. The zero-order valence-corrected chi connectivity index (χ0v) is 12.4. The Bertz CT molecular complexity index is 623. The highest BCUT2D eigenvalue weighted by atomic mass is 32.1. The minimum absolute atomic E-state index is 0.0327. The van der Waals surface area contributed by atoms with Gasteiger partial charge in [0.05, 0.1) is 6.54 Å². The van der Waals surface area contributed by atoms with Gasteiger partial charge in [0.25, 0.3) is 0 Å². The average molecular weight is 328 g/mol. The quantitative estimate of drug-likeness (QED) is 0.655. The van der Waals surface area contributed by atoms with Crippen molar-refractivity contribution in [2.75, 3.05) is 6.54 Å². The van der Waals surface area contributed by atoms with Crippen LogP contribution in [0, 0.1) is 0 Å². The van der Waals surface area contributed by atoms with Gasteiger partial charge in [0, 0.05) is 11.9 Å². The molecule has 0 unspecified atom stereocenters. The van der Waals surface area contributed by atoms with Gasteiger partial charge in [-0.3, -0.25) is 0 Å². The van der Waals surface area contributed by atoms with Crippen LogP contribution >= 0.6 is 11.3 Å². The molecule has 22 heavy (non-hydrogen) atoms. The fourth-order valence-corrected chi connectivity index (χ4v) is 2.43. The van der Waals surface area contributed by atoms with Crippen LogP contribution in [-0.2, 0) is 19.1 Å². The molecule has 0 radical (unpaired) electrons. The van der Waals surface area contributed by atoms with Gasteiger partial charge in [-0.25, -0.2) is 9.98 Å². The van der Waals surface area contributed by atoms with E-state index < -0.39 is 11.9 Å². The Morgan fingerprint density at radius 3 is 2.64 bits per heavy atom. The topological polar surface area (TPSA) is 63.3 Å². The fourth-order valence-electron chi connectivity index (χ4n) is 1.70.